The number of anilines is 3. The van der Waals surface area contributed by atoms with Gasteiger partial charge in [0, 0.05) is 48.8 Å². The molecule has 0 atom stereocenters. The van der Waals surface area contributed by atoms with Crippen LogP contribution in [0.2, 0.25) is 0 Å². The minimum atomic E-state index is -0.0976. The number of hydrogen-bond acceptors (Lipinski definition) is 2. The number of para-hydroxylation sites is 2. The number of hydrogen-bond donors (Lipinski definition) is 0. The predicted molar refractivity (Wildman–Crippen MR) is 418 cm³/mol. The van der Waals surface area contributed by atoms with Crippen molar-refractivity contribution >= 4 is 73.7 Å². The molecule has 2 aliphatic heterocycles. The molecule has 4 aliphatic rings. The Morgan fingerprint density at radius 1 is 0.344 bits per heavy atom. The summed E-state index contributed by atoms with van der Waals surface area (Å²) in [6.07, 6.45) is 12.9. The first kappa shape index (κ1) is 64.2. The van der Waals surface area contributed by atoms with E-state index in [0.717, 1.165) is 0 Å². The molecule has 0 spiro atoms. The minimum absolute atomic E-state index is 0.00840. The summed E-state index contributed by atoms with van der Waals surface area (Å²) in [6, 6.07) is 78.6. The average Bonchev–Trinajstić information content (AvgIpc) is 0.877. The topological polar surface area (TPSA) is 8.17 Å². The first-order chi connectivity index (χ1) is 45.7. The van der Waals surface area contributed by atoms with Crippen LogP contribution in [0.25, 0.3) is 72.0 Å². The molecule has 0 radical (unpaired) electrons. The monoisotopic (exact) mass is 1270 g/mol. The van der Waals surface area contributed by atoms with E-state index in [-0.39, 0.29) is 33.8 Å². The van der Waals surface area contributed by atoms with E-state index in [1.165, 1.54) is 218 Å². The third-order valence-corrected chi connectivity index (χ3v) is 23.5. The van der Waals surface area contributed by atoms with E-state index in [1.54, 1.807) is 0 Å². The first-order valence-electron chi connectivity index (χ1n) is 36.4. The van der Waals surface area contributed by atoms with Gasteiger partial charge < -0.3 is 9.47 Å². The number of nitrogens with zero attached hydrogens (tertiary/aromatic N) is 2. The van der Waals surface area contributed by atoms with Crippen molar-refractivity contribution in [2.45, 2.75) is 217 Å². The summed E-state index contributed by atoms with van der Waals surface area (Å²) < 4.78 is 2.59. The summed E-state index contributed by atoms with van der Waals surface area (Å²) in [5, 5.41) is 2.57. The zero-order valence-electron chi connectivity index (χ0n) is 60.1. The highest BCUT2D eigenvalue weighted by Crippen LogP contribution is 2.52. The molecular formula is C92H99BN2S. The van der Waals surface area contributed by atoms with Crippen molar-refractivity contribution in [1.29, 1.82) is 0 Å². The molecule has 96 heavy (non-hydrogen) atoms. The number of fused-ring (bicyclic) bond motifs is 7. The maximum Gasteiger partial charge on any atom is 0.249 e. The summed E-state index contributed by atoms with van der Waals surface area (Å²) in [5.74, 6) is 1.13. The second-order valence-corrected chi connectivity index (χ2v) is 35.4. The van der Waals surface area contributed by atoms with Gasteiger partial charge in [-0.25, -0.2) is 0 Å². The van der Waals surface area contributed by atoms with Gasteiger partial charge in [0.2, 0.25) is 6.71 Å². The molecule has 0 N–H and O–H groups in total. The Labute approximate surface area is 579 Å². The molecule has 486 valence electrons. The Kier molecular flexibility index (Phi) is 16.1. The molecule has 2 nitrogen and oxygen atoms in total. The molecule has 0 unspecified atom stereocenters. The fraction of sp³-hybridized carbons (Fsp3) is 0.348. The lowest BCUT2D eigenvalue weighted by Gasteiger charge is -2.42. The van der Waals surface area contributed by atoms with Crippen molar-refractivity contribution < 1.29 is 0 Å². The van der Waals surface area contributed by atoms with Crippen molar-refractivity contribution in [2.75, 3.05) is 4.90 Å². The SMILES string of the molecule is CC(C)(C)c1cc(-c2ccc3c(c2)B2c4cc(-c5cc(C(C)(C)C)cc(C(C)(C)C)c5)ccc4N(c4c(-c5cccc(C6CCCCC6)c5)cccc4-c4cccc(C5CCCCC5)c4)c4cc(-n5c6ccccc6c6cc(C(C)(C)C)ccc65)cc(c42)S3)cc(C(C)(C)C)c1. The van der Waals surface area contributed by atoms with Crippen molar-refractivity contribution in [2.24, 2.45) is 0 Å². The molecule has 2 aliphatic carbocycles. The Morgan fingerprint density at radius 2 is 0.833 bits per heavy atom. The van der Waals surface area contributed by atoms with Crippen molar-refractivity contribution in [3.63, 3.8) is 0 Å². The summed E-state index contributed by atoms with van der Waals surface area (Å²) in [7, 11) is 0. The molecule has 3 heterocycles. The van der Waals surface area contributed by atoms with E-state index >= 15 is 0 Å². The summed E-state index contributed by atoms with van der Waals surface area (Å²) in [6.45, 7) is 35.4. The maximum atomic E-state index is 2.79. The predicted octanol–water partition coefficient (Wildman–Crippen LogP) is 24.8. The molecular weight excluding hydrogens is 1180 g/mol. The van der Waals surface area contributed by atoms with E-state index in [2.05, 4.69) is 307 Å². The average molecular weight is 1280 g/mol. The van der Waals surface area contributed by atoms with E-state index in [0.29, 0.717) is 11.8 Å². The normalized spacial score (nSPS) is 15.7. The lowest BCUT2D eigenvalue weighted by Crippen LogP contribution is -2.60. The lowest BCUT2D eigenvalue weighted by atomic mass is 9.34. The fourth-order valence-electron chi connectivity index (χ4n) is 16.6. The lowest BCUT2D eigenvalue weighted by molar-refractivity contribution is 0.443. The minimum Gasteiger partial charge on any atom is -0.310 e. The van der Waals surface area contributed by atoms with Gasteiger partial charge in [-0.15, -0.1) is 0 Å². The summed E-state index contributed by atoms with van der Waals surface area (Å²) in [4.78, 5) is 5.41. The second kappa shape index (κ2) is 24.0. The highest BCUT2D eigenvalue weighted by Gasteiger charge is 2.44. The van der Waals surface area contributed by atoms with Gasteiger partial charge in [-0.1, -0.05) is 311 Å². The van der Waals surface area contributed by atoms with Gasteiger partial charge in [-0.2, -0.15) is 0 Å². The smallest absolute Gasteiger partial charge is 0.249 e. The Hall–Kier alpha value is -7.79. The first-order valence-corrected chi connectivity index (χ1v) is 37.2. The molecule has 0 amide bonds. The Morgan fingerprint density at radius 3 is 1.36 bits per heavy atom. The number of benzene rings is 10. The van der Waals surface area contributed by atoms with Gasteiger partial charge in [0.1, 0.15) is 0 Å². The number of rotatable bonds is 8. The quantitative estimate of drug-likeness (QED) is 0.140. The fourth-order valence-corrected chi connectivity index (χ4v) is 17.7. The third-order valence-electron chi connectivity index (χ3n) is 22.4. The van der Waals surface area contributed by atoms with E-state index in [4.69, 9.17) is 0 Å². The van der Waals surface area contributed by atoms with Gasteiger partial charge in [0.05, 0.1) is 16.7 Å². The van der Waals surface area contributed by atoms with E-state index in [9.17, 15) is 0 Å². The zero-order chi connectivity index (χ0) is 67.0. The highest BCUT2D eigenvalue weighted by atomic mass is 32.2. The molecule has 2 fully saturated rings. The maximum absolute atomic E-state index is 2.79. The van der Waals surface area contributed by atoms with Crippen LogP contribution in [0.15, 0.2) is 204 Å². The van der Waals surface area contributed by atoms with Crippen LogP contribution >= 0.6 is 11.8 Å². The molecule has 1 aromatic heterocycles. The van der Waals surface area contributed by atoms with Crippen molar-refractivity contribution in [1.82, 2.24) is 4.57 Å². The van der Waals surface area contributed by atoms with Crippen LogP contribution in [0.5, 0.6) is 0 Å². The second-order valence-electron chi connectivity index (χ2n) is 34.3. The van der Waals surface area contributed by atoms with Crippen LogP contribution in [0.1, 0.15) is 219 Å². The molecule has 10 aromatic carbocycles. The Balaban J connectivity index is 1.07. The van der Waals surface area contributed by atoms with E-state index in [1.807, 2.05) is 11.8 Å². The largest absolute Gasteiger partial charge is 0.310 e. The van der Waals surface area contributed by atoms with Crippen LogP contribution in [0.3, 0.4) is 0 Å². The van der Waals surface area contributed by atoms with Gasteiger partial charge >= 0.3 is 0 Å². The number of aromatic nitrogens is 1. The summed E-state index contributed by atoms with van der Waals surface area (Å²) in [5.41, 5.74) is 31.2. The standard InChI is InChI=1S/C92H99BN2S/c1-88(2,3)68-41-43-81-77(55-68)76-35-22-23-38-80(76)94(81)73-56-83-86-85(57-73)96-84-44-40-63(67-49-71(91(10,11)12)54-72(50-67)92(13,14)15)52-79(84)93(86)78-51-62(66-47-69(89(4,5)6)53-70(48-66)90(7,8)9)39-42-82(78)95(83)87-74(64-33-24-31-60(45-64)58-27-18-16-19-28-58)36-26-37-75(87)65-34-25-32-61(46-65)59-29-20-17-21-30-59/h22-26,31-59H,16-21,27-30H2,1-15H3. The molecule has 15 rings (SSSR count). The van der Waals surface area contributed by atoms with Crippen molar-refractivity contribution in [3.05, 3.63) is 233 Å². The summed E-state index contributed by atoms with van der Waals surface area (Å²) >= 11 is 1.97. The molecule has 11 aromatic rings. The van der Waals surface area contributed by atoms with Crippen LogP contribution in [0.4, 0.5) is 17.1 Å². The van der Waals surface area contributed by atoms with Crippen LogP contribution < -0.4 is 21.3 Å². The van der Waals surface area contributed by atoms with Crippen LogP contribution in [0, 0.1) is 0 Å². The molecule has 4 heteroatoms. The third kappa shape index (κ3) is 11.8. The van der Waals surface area contributed by atoms with Gasteiger partial charge in [-0.05, 0) is 190 Å². The van der Waals surface area contributed by atoms with E-state index < -0.39 is 0 Å². The molecule has 0 bridgehead atoms. The van der Waals surface area contributed by atoms with Gasteiger partial charge in [0.15, 0.2) is 0 Å². The van der Waals surface area contributed by atoms with Gasteiger partial charge in [-0.3, -0.25) is 0 Å². The molecule has 2 saturated carbocycles. The Bertz CT molecular complexity index is 4700. The van der Waals surface area contributed by atoms with Crippen LogP contribution in [-0.2, 0) is 27.1 Å². The van der Waals surface area contributed by atoms with Crippen molar-refractivity contribution in [3.8, 4) is 50.2 Å². The molecule has 0 saturated heterocycles. The highest BCUT2D eigenvalue weighted by molar-refractivity contribution is 8.00. The van der Waals surface area contributed by atoms with Crippen LogP contribution in [-0.4, -0.2) is 11.3 Å². The van der Waals surface area contributed by atoms with Gasteiger partial charge in [0.25, 0.3) is 0 Å². The zero-order valence-corrected chi connectivity index (χ0v) is 60.9.